The van der Waals surface area contributed by atoms with Gasteiger partial charge in [-0.15, -0.1) is 0 Å². The Morgan fingerprint density at radius 3 is 2.38 bits per heavy atom. The second-order valence-electron chi connectivity index (χ2n) is 4.39. The normalized spacial score (nSPS) is 11.2. The van der Waals surface area contributed by atoms with Crippen molar-refractivity contribution in [3.05, 3.63) is 52.0 Å². The van der Waals surface area contributed by atoms with E-state index < -0.39 is 10.0 Å². The molecule has 0 unspecified atom stereocenters. The van der Waals surface area contributed by atoms with Crippen molar-refractivity contribution >= 4 is 38.9 Å². The molecule has 2 aromatic carbocycles. The van der Waals surface area contributed by atoms with E-state index in [-0.39, 0.29) is 20.6 Å². The highest BCUT2D eigenvalue weighted by molar-refractivity contribution is 7.92. The summed E-state index contributed by atoms with van der Waals surface area (Å²) in [5, 5.41) is 0.420. The molecule has 0 aliphatic carbocycles. The third-order valence-corrected chi connectivity index (χ3v) is 4.97. The molecule has 0 atom stereocenters. The highest BCUT2D eigenvalue weighted by atomic mass is 35.5. The van der Waals surface area contributed by atoms with Crippen LogP contribution in [-0.2, 0) is 10.0 Å². The number of aryl methyl sites for hydroxylation is 1. The molecule has 0 radical (unpaired) electrons. The quantitative estimate of drug-likeness (QED) is 0.906. The number of hydrogen-bond acceptors (Lipinski definition) is 3. The first-order valence-corrected chi connectivity index (χ1v) is 8.20. The number of benzene rings is 2. The van der Waals surface area contributed by atoms with Crippen LogP contribution in [0.25, 0.3) is 0 Å². The molecule has 0 aliphatic rings. The molecular weight excluding hydrogens is 333 g/mol. The summed E-state index contributed by atoms with van der Waals surface area (Å²) in [5.41, 5.74) is 1.10. The van der Waals surface area contributed by atoms with Gasteiger partial charge >= 0.3 is 0 Å². The summed E-state index contributed by atoms with van der Waals surface area (Å²) in [6, 6.07) is 9.40. The van der Waals surface area contributed by atoms with E-state index >= 15 is 0 Å². The van der Waals surface area contributed by atoms with Crippen LogP contribution in [0.3, 0.4) is 0 Å². The van der Waals surface area contributed by atoms with Gasteiger partial charge in [0.1, 0.15) is 10.6 Å². The fourth-order valence-corrected chi connectivity index (χ4v) is 3.62. The molecule has 112 valence electrons. The molecule has 7 heteroatoms. The number of methoxy groups -OCH3 is 1. The van der Waals surface area contributed by atoms with Crippen molar-refractivity contribution in [1.29, 1.82) is 0 Å². The SMILES string of the molecule is COc1ccc(Cl)c(NS(=O)(=O)c2ccc(C)cc2Cl)c1. The Bertz CT molecular complexity index is 776. The van der Waals surface area contributed by atoms with E-state index in [1.54, 1.807) is 24.3 Å². The van der Waals surface area contributed by atoms with Crippen molar-refractivity contribution < 1.29 is 13.2 Å². The maximum Gasteiger partial charge on any atom is 0.263 e. The van der Waals surface area contributed by atoms with Gasteiger partial charge in [0.05, 0.1) is 22.8 Å². The summed E-state index contributed by atoms with van der Waals surface area (Å²) in [6.07, 6.45) is 0. The number of ether oxygens (including phenoxy) is 1. The maximum absolute atomic E-state index is 12.4. The predicted octanol–water partition coefficient (Wildman–Crippen LogP) is 4.11. The second kappa shape index (κ2) is 6.13. The second-order valence-corrected chi connectivity index (χ2v) is 6.85. The molecule has 1 N–H and O–H groups in total. The van der Waals surface area contributed by atoms with Crippen molar-refractivity contribution in [2.75, 3.05) is 11.8 Å². The van der Waals surface area contributed by atoms with Gasteiger partial charge in [0.15, 0.2) is 0 Å². The molecule has 0 bridgehead atoms. The summed E-state index contributed by atoms with van der Waals surface area (Å²) < 4.78 is 32.2. The third kappa shape index (κ3) is 3.61. The van der Waals surface area contributed by atoms with Gasteiger partial charge in [-0.25, -0.2) is 8.42 Å². The Balaban J connectivity index is 2.42. The Morgan fingerprint density at radius 1 is 1.05 bits per heavy atom. The smallest absolute Gasteiger partial charge is 0.263 e. The van der Waals surface area contributed by atoms with E-state index in [0.29, 0.717) is 5.75 Å². The average Bonchev–Trinajstić information content (AvgIpc) is 2.40. The predicted molar refractivity (Wildman–Crippen MR) is 85.0 cm³/mol. The van der Waals surface area contributed by atoms with Gasteiger partial charge in [0.25, 0.3) is 10.0 Å². The van der Waals surface area contributed by atoms with Crippen LogP contribution in [0.4, 0.5) is 5.69 Å². The molecule has 2 rings (SSSR count). The number of nitrogens with one attached hydrogen (secondary N) is 1. The summed E-state index contributed by atoms with van der Waals surface area (Å²) in [4.78, 5) is -0.00588. The van der Waals surface area contributed by atoms with Crippen LogP contribution in [0.5, 0.6) is 5.75 Å². The third-order valence-electron chi connectivity index (χ3n) is 2.79. The summed E-state index contributed by atoms with van der Waals surface area (Å²) in [5.74, 6) is 0.493. The fraction of sp³-hybridized carbons (Fsp3) is 0.143. The lowest BCUT2D eigenvalue weighted by Crippen LogP contribution is -2.14. The number of hydrogen-bond donors (Lipinski definition) is 1. The first-order valence-electron chi connectivity index (χ1n) is 5.96. The van der Waals surface area contributed by atoms with Crippen molar-refractivity contribution in [3.8, 4) is 5.75 Å². The lowest BCUT2D eigenvalue weighted by atomic mass is 10.2. The molecule has 0 spiro atoms. The van der Waals surface area contributed by atoms with E-state index in [0.717, 1.165) is 5.56 Å². The molecule has 0 heterocycles. The molecule has 0 aromatic heterocycles. The standard InChI is InChI=1S/C14H13Cl2NO3S/c1-9-3-6-14(12(16)7-9)21(18,19)17-13-8-10(20-2)4-5-11(13)15/h3-8,17H,1-2H3. The lowest BCUT2D eigenvalue weighted by molar-refractivity contribution is 0.415. The zero-order valence-corrected chi connectivity index (χ0v) is 13.7. The van der Waals surface area contributed by atoms with Crippen LogP contribution >= 0.6 is 23.2 Å². The maximum atomic E-state index is 12.4. The molecule has 0 saturated carbocycles. The lowest BCUT2D eigenvalue weighted by Gasteiger charge is -2.12. The van der Waals surface area contributed by atoms with Gasteiger partial charge < -0.3 is 4.74 Å². The minimum atomic E-state index is -3.83. The van der Waals surface area contributed by atoms with Crippen molar-refractivity contribution in [3.63, 3.8) is 0 Å². The van der Waals surface area contributed by atoms with Gasteiger partial charge in [0.2, 0.25) is 0 Å². The first kappa shape index (κ1) is 15.9. The Hall–Kier alpha value is -1.43. The molecule has 0 aliphatic heterocycles. The average molecular weight is 346 g/mol. The highest BCUT2D eigenvalue weighted by Crippen LogP contribution is 2.30. The topological polar surface area (TPSA) is 55.4 Å². The first-order chi connectivity index (χ1) is 9.83. The Labute approximate surface area is 133 Å². The molecule has 2 aromatic rings. The van der Waals surface area contributed by atoms with Gasteiger partial charge in [-0.05, 0) is 36.8 Å². The van der Waals surface area contributed by atoms with E-state index in [1.807, 2.05) is 6.92 Å². The summed E-state index contributed by atoms with van der Waals surface area (Å²) >= 11 is 12.0. The minimum absolute atomic E-state index is 0.00588. The van der Waals surface area contributed by atoms with E-state index in [2.05, 4.69) is 4.72 Å². The molecule has 21 heavy (non-hydrogen) atoms. The van der Waals surface area contributed by atoms with E-state index in [4.69, 9.17) is 27.9 Å². The van der Waals surface area contributed by atoms with Crippen LogP contribution in [-0.4, -0.2) is 15.5 Å². The largest absolute Gasteiger partial charge is 0.497 e. The van der Waals surface area contributed by atoms with Crippen molar-refractivity contribution in [1.82, 2.24) is 0 Å². The summed E-state index contributed by atoms with van der Waals surface area (Å²) in [6.45, 7) is 1.83. The number of halogens is 2. The fourth-order valence-electron chi connectivity index (χ4n) is 1.73. The zero-order valence-electron chi connectivity index (χ0n) is 11.4. The van der Waals surface area contributed by atoms with Crippen LogP contribution in [0.15, 0.2) is 41.3 Å². The van der Waals surface area contributed by atoms with Crippen LogP contribution in [0, 0.1) is 6.92 Å². The van der Waals surface area contributed by atoms with E-state index in [9.17, 15) is 8.42 Å². The molecular formula is C14H13Cl2NO3S. The Kier molecular flexibility index (Phi) is 4.66. The minimum Gasteiger partial charge on any atom is -0.497 e. The monoisotopic (exact) mass is 345 g/mol. The number of anilines is 1. The van der Waals surface area contributed by atoms with Crippen molar-refractivity contribution in [2.24, 2.45) is 0 Å². The van der Waals surface area contributed by atoms with Crippen LogP contribution in [0.2, 0.25) is 10.0 Å². The van der Waals surface area contributed by atoms with Crippen molar-refractivity contribution in [2.45, 2.75) is 11.8 Å². The van der Waals surface area contributed by atoms with Crippen LogP contribution in [0.1, 0.15) is 5.56 Å². The highest BCUT2D eigenvalue weighted by Gasteiger charge is 2.19. The van der Waals surface area contributed by atoms with Gasteiger partial charge in [0, 0.05) is 6.07 Å². The molecule has 0 amide bonds. The zero-order chi connectivity index (χ0) is 15.6. The summed E-state index contributed by atoms with van der Waals surface area (Å²) in [7, 11) is -2.35. The van der Waals surface area contributed by atoms with Crippen LogP contribution < -0.4 is 9.46 Å². The van der Waals surface area contributed by atoms with Gasteiger partial charge in [-0.3, -0.25) is 4.72 Å². The van der Waals surface area contributed by atoms with E-state index in [1.165, 1.54) is 19.2 Å². The van der Waals surface area contributed by atoms with Gasteiger partial charge in [-0.1, -0.05) is 29.3 Å². The molecule has 0 saturated heterocycles. The molecule has 0 fully saturated rings. The van der Waals surface area contributed by atoms with Gasteiger partial charge in [-0.2, -0.15) is 0 Å². The number of sulfonamides is 1. The molecule has 4 nitrogen and oxygen atoms in total. The number of rotatable bonds is 4. The Morgan fingerprint density at radius 2 is 1.76 bits per heavy atom.